The summed E-state index contributed by atoms with van der Waals surface area (Å²) in [6.07, 6.45) is 1.40. The van der Waals surface area contributed by atoms with Crippen LogP contribution in [0.4, 0.5) is 0 Å². The number of rotatable bonds is 5. The molecule has 2 aromatic carbocycles. The Morgan fingerprint density at radius 2 is 1.89 bits per heavy atom. The lowest BCUT2D eigenvalue weighted by atomic mass is 10.2. The minimum Gasteiger partial charge on any atom is -0.457 e. The van der Waals surface area contributed by atoms with Gasteiger partial charge in [0, 0.05) is 23.2 Å². The molecule has 0 saturated carbocycles. The van der Waals surface area contributed by atoms with Crippen LogP contribution < -0.4 is 5.32 Å². The van der Waals surface area contributed by atoms with Crippen LogP contribution in [0, 0.1) is 11.3 Å². The zero-order valence-corrected chi connectivity index (χ0v) is 15.6. The molecule has 0 atom stereocenters. The molecule has 134 valence electrons. The van der Waals surface area contributed by atoms with E-state index in [0.29, 0.717) is 33.7 Å². The zero-order chi connectivity index (χ0) is 19.2. The van der Waals surface area contributed by atoms with Crippen molar-refractivity contribution in [3.63, 3.8) is 0 Å². The monoisotopic (exact) mass is 396 g/mol. The smallest absolute Gasteiger partial charge is 0.262 e. The summed E-state index contributed by atoms with van der Waals surface area (Å²) < 4.78 is 5.70. The second-order valence-electron chi connectivity index (χ2n) is 5.66. The Hall–Kier alpha value is -3.00. The fourth-order valence-electron chi connectivity index (χ4n) is 2.43. The van der Waals surface area contributed by atoms with Gasteiger partial charge < -0.3 is 9.73 Å². The van der Waals surface area contributed by atoms with Gasteiger partial charge in [0.2, 0.25) is 0 Å². The highest BCUT2D eigenvalue weighted by Gasteiger charge is 2.12. The van der Waals surface area contributed by atoms with Crippen molar-refractivity contribution >= 4 is 35.2 Å². The molecule has 0 fully saturated rings. The quantitative estimate of drug-likeness (QED) is 0.458. The molecule has 0 bridgehead atoms. The molecule has 1 heterocycles. The van der Waals surface area contributed by atoms with E-state index in [-0.39, 0.29) is 5.57 Å². The second-order valence-corrected chi connectivity index (χ2v) is 6.51. The van der Waals surface area contributed by atoms with Crippen molar-refractivity contribution in [1.29, 1.82) is 5.26 Å². The molecule has 0 spiro atoms. The summed E-state index contributed by atoms with van der Waals surface area (Å²) >= 11 is 12.1. The molecule has 4 nitrogen and oxygen atoms in total. The molecule has 1 amide bonds. The van der Waals surface area contributed by atoms with Crippen molar-refractivity contribution in [3.8, 4) is 17.4 Å². The van der Waals surface area contributed by atoms with Crippen LogP contribution in [0.15, 0.2) is 70.7 Å². The van der Waals surface area contributed by atoms with E-state index in [9.17, 15) is 10.1 Å². The number of hydrogen-bond donors (Lipinski definition) is 1. The van der Waals surface area contributed by atoms with Gasteiger partial charge in [-0.05, 0) is 35.9 Å². The van der Waals surface area contributed by atoms with Crippen molar-refractivity contribution in [1.82, 2.24) is 5.32 Å². The molecule has 0 aliphatic heterocycles. The molecule has 0 radical (unpaired) electrons. The Balaban J connectivity index is 1.75. The predicted octanol–water partition coefficient (Wildman–Crippen LogP) is 5.48. The third kappa shape index (κ3) is 4.79. The summed E-state index contributed by atoms with van der Waals surface area (Å²) in [5.74, 6) is 0.427. The topological polar surface area (TPSA) is 66.0 Å². The predicted molar refractivity (Wildman–Crippen MR) is 106 cm³/mol. The first-order valence-electron chi connectivity index (χ1n) is 8.06. The molecule has 0 saturated heterocycles. The number of halogens is 2. The van der Waals surface area contributed by atoms with Crippen LogP contribution in [-0.4, -0.2) is 5.91 Å². The Morgan fingerprint density at radius 1 is 1.11 bits per heavy atom. The number of nitrogens with zero attached hydrogens (tertiary/aromatic N) is 1. The van der Waals surface area contributed by atoms with Crippen LogP contribution in [-0.2, 0) is 11.3 Å². The molecule has 1 aromatic heterocycles. The van der Waals surface area contributed by atoms with Crippen LogP contribution in [0.1, 0.15) is 11.3 Å². The van der Waals surface area contributed by atoms with Gasteiger partial charge in [-0.3, -0.25) is 4.79 Å². The van der Waals surface area contributed by atoms with E-state index in [1.807, 2.05) is 36.4 Å². The number of carbonyl (C=O) groups excluding carboxylic acids is 1. The van der Waals surface area contributed by atoms with Gasteiger partial charge in [0.05, 0.1) is 5.02 Å². The van der Waals surface area contributed by atoms with Gasteiger partial charge >= 0.3 is 0 Å². The molecule has 6 heteroatoms. The lowest BCUT2D eigenvalue weighted by Gasteiger charge is -2.04. The van der Waals surface area contributed by atoms with Crippen molar-refractivity contribution in [2.24, 2.45) is 0 Å². The summed E-state index contributed by atoms with van der Waals surface area (Å²) in [7, 11) is 0. The normalized spacial score (nSPS) is 11.1. The minimum atomic E-state index is -0.469. The van der Waals surface area contributed by atoms with E-state index in [1.54, 1.807) is 30.3 Å². The fourth-order valence-corrected chi connectivity index (χ4v) is 2.93. The first-order chi connectivity index (χ1) is 13.1. The molecule has 3 aromatic rings. The summed E-state index contributed by atoms with van der Waals surface area (Å²) in [5.41, 5.74) is 1.57. The number of hydrogen-bond acceptors (Lipinski definition) is 3. The van der Waals surface area contributed by atoms with Crippen molar-refractivity contribution in [3.05, 3.63) is 87.6 Å². The van der Waals surface area contributed by atoms with Crippen LogP contribution >= 0.6 is 23.2 Å². The average molecular weight is 397 g/mol. The highest BCUT2D eigenvalue weighted by atomic mass is 35.5. The summed E-state index contributed by atoms with van der Waals surface area (Å²) in [6, 6.07) is 19.8. The van der Waals surface area contributed by atoms with Crippen LogP contribution in [0.3, 0.4) is 0 Å². The number of nitriles is 1. The Bertz CT molecular complexity index is 1030. The summed E-state index contributed by atoms with van der Waals surface area (Å²) in [4.78, 5) is 12.2. The van der Waals surface area contributed by atoms with Gasteiger partial charge in [-0.1, -0.05) is 53.5 Å². The van der Waals surface area contributed by atoms with Crippen LogP contribution in [0.2, 0.25) is 10.0 Å². The molecule has 27 heavy (non-hydrogen) atoms. The summed E-state index contributed by atoms with van der Waals surface area (Å²) in [5, 5.41) is 13.0. The third-order valence-corrected chi connectivity index (χ3v) is 4.32. The van der Waals surface area contributed by atoms with Crippen LogP contribution in [0.25, 0.3) is 17.4 Å². The zero-order valence-electron chi connectivity index (χ0n) is 14.1. The largest absolute Gasteiger partial charge is 0.457 e. The second kappa shape index (κ2) is 8.59. The maximum absolute atomic E-state index is 12.2. The number of furan rings is 1. The van der Waals surface area contributed by atoms with E-state index < -0.39 is 5.91 Å². The van der Waals surface area contributed by atoms with Crippen LogP contribution in [0.5, 0.6) is 0 Å². The highest BCUT2D eigenvalue weighted by Crippen LogP contribution is 2.31. The first-order valence-corrected chi connectivity index (χ1v) is 8.81. The lowest BCUT2D eigenvalue weighted by molar-refractivity contribution is -0.117. The minimum absolute atomic E-state index is 0.0472. The fraction of sp³-hybridized carbons (Fsp3) is 0.0476. The van der Waals surface area contributed by atoms with Gasteiger partial charge in [0.15, 0.2) is 0 Å². The molecule has 0 aliphatic rings. The molecular formula is C21H14Cl2N2O2. The average Bonchev–Trinajstić information content (AvgIpc) is 3.13. The number of nitrogens with one attached hydrogen (secondary N) is 1. The Morgan fingerprint density at radius 3 is 2.59 bits per heavy atom. The molecule has 0 aliphatic carbocycles. The molecule has 3 rings (SSSR count). The van der Waals surface area contributed by atoms with E-state index in [0.717, 1.165) is 5.56 Å². The standard InChI is InChI=1S/C21H14Cl2N2O2/c22-16-6-8-18(19(23)11-16)20-9-7-17(27-20)10-15(12-24)21(26)25-13-14-4-2-1-3-5-14/h1-11H,13H2,(H,25,26)/b15-10+. The van der Waals surface area contributed by atoms with E-state index in [4.69, 9.17) is 27.6 Å². The molecule has 1 N–H and O–H groups in total. The van der Waals surface area contributed by atoms with E-state index >= 15 is 0 Å². The maximum Gasteiger partial charge on any atom is 0.262 e. The molecule has 0 unspecified atom stereocenters. The summed E-state index contributed by atoms with van der Waals surface area (Å²) in [6.45, 7) is 0.336. The van der Waals surface area contributed by atoms with Gasteiger partial charge in [0.25, 0.3) is 5.91 Å². The van der Waals surface area contributed by atoms with Gasteiger partial charge in [-0.2, -0.15) is 5.26 Å². The first kappa shape index (κ1) is 18.8. The van der Waals surface area contributed by atoms with Crippen molar-refractivity contribution in [2.45, 2.75) is 6.54 Å². The van der Waals surface area contributed by atoms with Gasteiger partial charge in [0.1, 0.15) is 23.2 Å². The van der Waals surface area contributed by atoms with E-state index in [2.05, 4.69) is 5.32 Å². The Kier molecular flexibility index (Phi) is 5.97. The third-order valence-electron chi connectivity index (χ3n) is 3.77. The number of carbonyl (C=O) groups is 1. The highest BCUT2D eigenvalue weighted by molar-refractivity contribution is 6.36. The maximum atomic E-state index is 12.2. The van der Waals surface area contributed by atoms with Gasteiger partial charge in [-0.25, -0.2) is 0 Å². The van der Waals surface area contributed by atoms with Gasteiger partial charge in [-0.15, -0.1) is 0 Å². The number of amides is 1. The SMILES string of the molecule is N#C/C(=C\c1ccc(-c2ccc(Cl)cc2Cl)o1)C(=O)NCc1ccccc1. The molecular weight excluding hydrogens is 383 g/mol. The van der Waals surface area contributed by atoms with Crippen molar-refractivity contribution < 1.29 is 9.21 Å². The van der Waals surface area contributed by atoms with E-state index in [1.165, 1.54) is 6.08 Å². The number of benzene rings is 2. The Labute approximate surface area is 166 Å². The lowest BCUT2D eigenvalue weighted by Crippen LogP contribution is -2.23. The van der Waals surface area contributed by atoms with Crippen molar-refractivity contribution in [2.75, 3.05) is 0 Å².